The number of carbonyl (C=O) groups is 2. The molecule has 1 spiro atoms. The summed E-state index contributed by atoms with van der Waals surface area (Å²) in [4.78, 5) is 29.0. The molecule has 2 amide bonds. The molecule has 2 aliphatic heterocycles. The third-order valence-electron chi connectivity index (χ3n) is 5.03. The molecule has 1 atom stereocenters. The number of para-hydroxylation sites is 1. The second-order valence-corrected chi connectivity index (χ2v) is 6.48. The zero-order chi connectivity index (χ0) is 16.3. The lowest BCUT2D eigenvalue weighted by Gasteiger charge is -2.39. The van der Waals surface area contributed by atoms with Gasteiger partial charge in [-0.3, -0.25) is 9.59 Å². The van der Waals surface area contributed by atoms with Crippen LogP contribution in [0.15, 0.2) is 30.3 Å². The number of amides is 2. The van der Waals surface area contributed by atoms with Gasteiger partial charge in [-0.15, -0.1) is 0 Å². The Bertz CT molecular complexity index is 575. The summed E-state index contributed by atoms with van der Waals surface area (Å²) in [5.41, 5.74) is 0.564. The number of hydrogen-bond acceptors (Lipinski definition) is 3. The lowest BCUT2D eigenvalue weighted by molar-refractivity contribution is -0.139. The smallest absolute Gasteiger partial charge is 0.235 e. The van der Waals surface area contributed by atoms with Crippen LogP contribution in [0.25, 0.3) is 0 Å². The van der Waals surface area contributed by atoms with E-state index in [1.165, 1.54) is 0 Å². The highest BCUT2D eigenvalue weighted by molar-refractivity contribution is 6.00. The van der Waals surface area contributed by atoms with Crippen molar-refractivity contribution in [1.29, 1.82) is 0 Å². The largest absolute Gasteiger partial charge is 0.384 e. The molecule has 0 N–H and O–H groups in total. The molecular weight excluding hydrogens is 292 g/mol. The molecule has 2 heterocycles. The SMILES string of the molecule is COCCC(=O)N1CCC[C@]2(CCN(c3ccccc3)C2=O)C1. The number of anilines is 1. The second-order valence-electron chi connectivity index (χ2n) is 6.48. The normalized spacial score (nSPS) is 24.5. The molecule has 0 aromatic heterocycles. The first kappa shape index (κ1) is 16.0. The summed E-state index contributed by atoms with van der Waals surface area (Å²) in [5, 5.41) is 0. The van der Waals surface area contributed by atoms with Gasteiger partial charge in [0.15, 0.2) is 0 Å². The van der Waals surface area contributed by atoms with Crippen molar-refractivity contribution in [2.24, 2.45) is 5.41 Å². The number of nitrogens with zero attached hydrogens (tertiary/aromatic N) is 2. The molecule has 2 aliphatic rings. The van der Waals surface area contributed by atoms with Crippen molar-refractivity contribution < 1.29 is 14.3 Å². The van der Waals surface area contributed by atoms with Gasteiger partial charge in [-0.2, -0.15) is 0 Å². The zero-order valence-electron chi connectivity index (χ0n) is 13.7. The summed E-state index contributed by atoms with van der Waals surface area (Å²) in [6.45, 7) is 2.48. The van der Waals surface area contributed by atoms with Crippen LogP contribution in [0.2, 0.25) is 0 Å². The van der Waals surface area contributed by atoms with E-state index >= 15 is 0 Å². The van der Waals surface area contributed by atoms with Crippen molar-refractivity contribution in [3.05, 3.63) is 30.3 Å². The minimum absolute atomic E-state index is 0.0943. The summed E-state index contributed by atoms with van der Waals surface area (Å²) < 4.78 is 4.99. The van der Waals surface area contributed by atoms with Gasteiger partial charge in [-0.25, -0.2) is 0 Å². The van der Waals surface area contributed by atoms with Crippen molar-refractivity contribution in [2.45, 2.75) is 25.7 Å². The molecule has 5 heteroatoms. The highest BCUT2D eigenvalue weighted by atomic mass is 16.5. The van der Waals surface area contributed by atoms with Crippen molar-refractivity contribution in [3.8, 4) is 0 Å². The molecule has 1 aromatic rings. The van der Waals surface area contributed by atoms with Gasteiger partial charge in [0.2, 0.25) is 11.8 Å². The van der Waals surface area contributed by atoms with Gasteiger partial charge in [-0.05, 0) is 31.4 Å². The molecule has 0 radical (unpaired) electrons. The number of likely N-dealkylation sites (tertiary alicyclic amines) is 1. The van der Waals surface area contributed by atoms with Gasteiger partial charge in [-0.1, -0.05) is 18.2 Å². The number of benzene rings is 1. The number of hydrogen-bond donors (Lipinski definition) is 0. The van der Waals surface area contributed by atoms with E-state index in [4.69, 9.17) is 4.74 Å². The van der Waals surface area contributed by atoms with Gasteiger partial charge in [0.05, 0.1) is 18.4 Å². The monoisotopic (exact) mass is 316 g/mol. The highest BCUT2D eigenvalue weighted by Gasteiger charge is 2.49. The summed E-state index contributed by atoms with van der Waals surface area (Å²) in [7, 11) is 1.60. The topological polar surface area (TPSA) is 49.9 Å². The van der Waals surface area contributed by atoms with Crippen LogP contribution in [0.1, 0.15) is 25.7 Å². The van der Waals surface area contributed by atoms with E-state index in [2.05, 4.69) is 0 Å². The Balaban J connectivity index is 1.72. The summed E-state index contributed by atoms with van der Waals surface area (Å²) in [6, 6.07) is 9.81. The zero-order valence-corrected chi connectivity index (χ0v) is 13.7. The average molecular weight is 316 g/mol. The minimum Gasteiger partial charge on any atom is -0.384 e. The fourth-order valence-corrected chi connectivity index (χ4v) is 3.75. The Morgan fingerprint density at radius 1 is 1.22 bits per heavy atom. The van der Waals surface area contributed by atoms with Crippen LogP contribution in [0.5, 0.6) is 0 Å². The maximum atomic E-state index is 13.0. The lowest BCUT2D eigenvalue weighted by atomic mass is 9.78. The molecule has 23 heavy (non-hydrogen) atoms. The third-order valence-corrected chi connectivity index (χ3v) is 5.03. The molecule has 1 aromatic carbocycles. The van der Waals surface area contributed by atoms with Crippen LogP contribution in [-0.4, -0.2) is 50.1 Å². The summed E-state index contributed by atoms with van der Waals surface area (Å²) in [5.74, 6) is 0.268. The maximum absolute atomic E-state index is 13.0. The van der Waals surface area contributed by atoms with E-state index in [9.17, 15) is 9.59 Å². The van der Waals surface area contributed by atoms with Gasteiger partial charge < -0.3 is 14.5 Å². The van der Waals surface area contributed by atoms with E-state index in [1.807, 2.05) is 40.1 Å². The maximum Gasteiger partial charge on any atom is 0.235 e. The van der Waals surface area contributed by atoms with E-state index in [-0.39, 0.29) is 11.8 Å². The molecule has 0 unspecified atom stereocenters. The number of methoxy groups -OCH3 is 1. The third kappa shape index (κ3) is 3.11. The molecule has 0 bridgehead atoms. The second kappa shape index (κ2) is 6.71. The van der Waals surface area contributed by atoms with E-state index in [0.717, 1.165) is 38.0 Å². The first-order valence-electron chi connectivity index (χ1n) is 8.30. The molecule has 0 saturated carbocycles. The minimum atomic E-state index is -0.392. The van der Waals surface area contributed by atoms with Gasteiger partial charge in [0, 0.05) is 32.4 Å². The van der Waals surface area contributed by atoms with Crippen LogP contribution in [0.4, 0.5) is 5.69 Å². The number of carbonyl (C=O) groups excluding carboxylic acids is 2. The van der Waals surface area contributed by atoms with E-state index < -0.39 is 5.41 Å². The average Bonchev–Trinajstić information content (AvgIpc) is 2.90. The molecule has 5 nitrogen and oxygen atoms in total. The van der Waals surface area contributed by atoms with E-state index in [1.54, 1.807) is 7.11 Å². The Labute approximate surface area is 137 Å². The molecule has 0 aliphatic carbocycles. The quantitative estimate of drug-likeness (QED) is 0.854. The fraction of sp³-hybridized carbons (Fsp3) is 0.556. The first-order valence-corrected chi connectivity index (χ1v) is 8.30. The number of piperidine rings is 1. The first-order chi connectivity index (χ1) is 11.2. The van der Waals surface area contributed by atoms with Crippen molar-refractivity contribution in [2.75, 3.05) is 38.3 Å². The van der Waals surface area contributed by atoms with Crippen molar-refractivity contribution in [3.63, 3.8) is 0 Å². The van der Waals surface area contributed by atoms with Crippen LogP contribution in [-0.2, 0) is 14.3 Å². The fourth-order valence-electron chi connectivity index (χ4n) is 3.75. The molecule has 124 valence electrons. The van der Waals surface area contributed by atoms with Gasteiger partial charge in [0.25, 0.3) is 0 Å². The molecule has 2 fully saturated rings. The Hall–Kier alpha value is -1.88. The summed E-state index contributed by atoms with van der Waals surface area (Å²) in [6.07, 6.45) is 2.99. The number of rotatable bonds is 4. The number of ether oxygens (including phenoxy) is 1. The van der Waals surface area contributed by atoms with Crippen molar-refractivity contribution in [1.82, 2.24) is 4.90 Å². The van der Waals surface area contributed by atoms with Crippen LogP contribution < -0.4 is 4.90 Å². The van der Waals surface area contributed by atoms with Crippen LogP contribution in [0, 0.1) is 5.41 Å². The Morgan fingerprint density at radius 3 is 2.74 bits per heavy atom. The Kier molecular flexibility index (Phi) is 4.66. The molecule has 3 rings (SSSR count). The van der Waals surface area contributed by atoms with Gasteiger partial charge in [0.1, 0.15) is 0 Å². The Morgan fingerprint density at radius 2 is 2.00 bits per heavy atom. The van der Waals surface area contributed by atoms with Crippen LogP contribution in [0.3, 0.4) is 0 Å². The predicted octanol–water partition coefficient (Wildman–Crippen LogP) is 2.07. The van der Waals surface area contributed by atoms with Gasteiger partial charge >= 0.3 is 0 Å². The standard InChI is InChI=1S/C18H24N2O3/c1-23-13-8-16(21)19-11-5-9-18(14-19)10-12-20(17(18)22)15-6-3-2-4-7-15/h2-4,6-7H,5,8-14H2,1H3/t18-/m0/s1. The molecular formula is C18H24N2O3. The highest BCUT2D eigenvalue weighted by Crippen LogP contribution is 2.41. The molecule has 2 saturated heterocycles. The van der Waals surface area contributed by atoms with Crippen LogP contribution >= 0.6 is 0 Å². The van der Waals surface area contributed by atoms with E-state index in [0.29, 0.717) is 19.6 Å². The van der Waals surface area contributed by atoms with Crippen molar-refractivity contribution >= 4 is 17.5 Å². The summed E-state index contributed by atoms with van der Waals surface area (Å²) >= 11 is 0. The predicted molar refractivity (Wildman–Crippen MR) is 88.2 cm³/mol. The lowest BCUT2D eigenvalue weighted by Crippen LogP contribution is -2.50.